The summed E-state index contributed by atoms with van der Waals surface area (Å²) in [5.74, 6) is -1.97. The second-order valence-corrected chi connectivity index (χ2v) is 9.15. The Morgan fingerprint density at radius 3 is 2.58 bits per heavy atom. The fourth-order valence-corrected chi connectivity index (χ4v) is 4.91. The monoisotopic (exact) mass is 530 g/mol. The maximum Gasteiger partial charge on any atom is 0.335 e. The van der Waals surface area contributed by atoms with Crippen molar-refractivity contribution in [3.63, 3.8) is 0 Å². The summed E-state index contributed by atoms with van der Waals surface area (Å²) in [7, 11) is 0. The molecule has 0 bridgehead atoms. The van der Waals surface area contributed by atoms with Gasteiger partial charge in [-0.1, -0.05) is 29.8 Å². The summed E-state index contributed by atoms with van der Waals surface area (Å²) in [6.07, 6.45) is 1.10. The number of furan rings is 1. The Morgan fingerprint density at radius 2 is 1.79 bits per heavy atom. The summed E-state index contributed by atoms with van der Waals surface area (Å²) in [5, 5.41) is 9.82. The molecule has 7 nitrogen and oxygen atoms in total. The maximum atomic E-state index is 14.4. The number of rotatable bonds is 4. The number of ether oxygens (including phenoxy) is 1. The first-order chi connectivity index (χ1) is 18.3. The molecular formula is C29H16ClFO7. The Kier molecular flexibility index (Phi) is 5.61. The van der Waals surface area contributed by atoms with Crippen LogP contribution in [0.4, 0.5) is 4.39 Å². The van der Waals surface area contributed by atoms with Gasteiger partial charge in [0, 0.05) is 16.7 Å². The van der Waals surface area contributed by atoms with Crippen LogP contribution in [0, 0.1) is 5.82 Å². The molecule has 1 aliphatic heterocycles. The molecule has 6 rings (SSSR count). The molecule has 1 aliphatic rings. The van der Waals surface area contributed by atoms with E-state index in [1.54, 1.807) is 18.2 Å². The van der Waals surface area contributed by atoms with E-state index in [-0.39, 0.29) is 44.9 Å². The molecule has 38 heavy (non-hydrogen) atoms. The Balaban J connectivity index is 1.49. The van der Waals surface area contributed by atoms with Gasteiger partial charge in [-0.15, -0.1) is 0 Å². The van der Waals surface area contributed by atoms with Gasteiger partial charge in [0.05, 0.1) is 33.9 Å². The normalized spacial score (nSPS) is 14.8. The van der Waals surface area contributed by atoms with Gasteiger partial charge in [0.15, 0.2) is 0 Å². The molecule has 0 saturated heterocycles. The molecule has 3 aromatic carbocycles. The van der Waals surface area contributed by atoms with Gasteiger partial charge in [-0.2, -0.15) is 0 Å². The lowest BCUT2D eigenvalue weighted by Crippen LogP contribution is -2.21. The van der Waals surface area contributed by atoms with Crippen molar-refractivity contribution in [2.24, 2.45) is 0 Å². The van der Waals surface area contributed by atoms with Crippen molar-refractivity contribution in [3.05, 3.63) is 111 Å². The topological polar surface area (TPSA) is 107 Å². The molecule has 0 fully saturated rings. The van der Waals surface area contributed by atoms with Crippen LogP contribution in [-0.2, 0) is 4.79 Å². The highest BCUT2D eigenvalue weighted by molar-refractivity contribution is 6.33. The predicted molar refractivity (Wildman–Crippen MR) is 136 cm³/mol. The van der Waals surface area contributed by atoms with Crippen molar-refractivity contribution in [2.45, 2.75) is 12.3 Å². The van der Waals surface area contributed by atoms with Crippen LogP contribution in [0.25, 0.3) is 33.4 Å². The third kappa shape index (κ3) is 3.86. The quantitative estimate of drug-likeness (QED) is 0.205. The van der Waals surface area contributed by atoms with Crippen LogP contribution in [0.1, 0.15) is 34.0 Å². The number of carbonyl (C=O) groups is 2. The van der Waals surface area contributed by atoms with Crippen LogP contribution < -0.4 is 10.2 Å². The molecule has 1 atom stereocenters. The first-order valence-electron chi connectivity index (χ1n) is 11.5. The van der Waals surface area contributed by atoms with Crippen LogP contribution >= 0.6 is 11.6 Å². The molecule has 0 spiro atoms. The highest BCUT2D eigenvalue weighted by Gasteiger charge is 2.34. The lowest BCUT2D eigenvalue weighted by atomic mass is 9.88. The number of benzene rings is 3. The SMILES string of the molecule is O=C1C[C@H](c2ccc(-c3cc(C(=O)O)ccc3Cl)o2)c2c(ccc3c(=O)c(-c4ccccc4F)coc23)O1. The number of carboxylic acids is 1. The summed E-state index contributed by atoms with van der Waals surface area (Å²) < 4.78 is 31.8. The Hall–Kier alpha value is -4.69. The lowest BCUT2D eigenvalue weighted by molar-refractivity contribution is -0.135. The van der Waals surface area contributed by atoms with E-state index in [2.05, 4.69) is 0 Å². The molecule has 3 heterocycles. The van der Waals surface area contributed by atoms with Crippen molar-refractivity contribution in [2.75, 3.05) is 0 Å². The van der Waals surface area contributed by atoms with Gasteiger partial charge >= 0.3 is 11.9 Å². The van der Waals surface area contributed by atoms with Gasteiger partial charge in [0.2, 0.25) is 5.43 Å². The Bertz CT molecular complexity index is 1840. The minimum Gasteiger partial charge on any atom is -0.478 e. The van der Waals surface area contributed by atoms with Crippen LogP contribution in [0.3, 0.4) is 0 Å². The molecule has 0 aliphatic carbocycles. The van der Waals surface area contributed by atoms with Gasteiger partial charge < -0.3 is 18.7 Å². The maximum absolute atomic E-state index is 14.4. The molecule has 5 aromatic rings. The predicted octanol–water partition coefficient (Wildman–Crippen LogP) is 6.65. The molecule has 0 amide bonds. The van der Waals surface area contributed by atoms with Gasteiger partial charge in [0.25, 0.3) is 0 Å². The van der Waals surface area contributed by atoms with Crippen molar-refractivity contribution in [1.29, 1.82) is 0 Å². The second-order valence-electron chi connectivity index (χ2n) is 8.74. The minimum absolute atomic E-state index is 0.0346. The van der Waals surface area contributed by atoms with Crippen LogP contribution in [0.2, 0.25) is 5.02 Å². The summed E-state index contributed by atoms with van der Waals surface area (Å²) in [6.45, 7) is 0. The van der Waals surface area contributed by atoms with E-state index >= 15 is 0 Å². The zero-order valence-corrected chi connectivity index (χ0v) is 20.1. The number of carboxylic acid groups (broad SMARTS) is 1. The van der Waals surface area contributed by atoms with E-state index in [0.29, 0.717) is 22.6 Å². The zero-order chi connectivity index (χ0) is 26.6. The van der Waals surface area contributed by atoms with E-state index in [0.717, 1.165) is 0 Å². The Morgan fingerprint density at radius 1 is 0.974 bits per heavy atom. The second kappa shape index (κ2) is 9.00. The van der Waals surface area contributed by atoms with E-state index < -0.39 is 29.1 Å². The minimum atomic E-state index is -1.12. The highest BCUT2D eigenvalue weighted by Crippen LogP contribution is 2.44. The molecule has 1 N–H and O–H groups in total. The molecule has 188 valence electrons. The smallest absolute Gasteiger partial charge is 0.335 e. The summed E-state index contributed by atoms with van der Waals surface area (Å²) in [4.78, 5) is 37.2. The lowest BCUT2D eigenvalue weighted by Gasteiger charge is -2.23. The standard InChI is InChI=1S/C29H16ClFO7/c30-20-7-5-14(29(34)35)11-17(20)22-9-10-23(37-22)18-12-25(32)38-24-8-6-16-27(33)19(13-36-28(16)26(18)24)15-3-1-2-4-21(15)31/h1-11,13,18H,12H2,(H,34,35)/t18-/m1/s1. The molecular weight excluding hydrogens is 515 g/mol. The van der Waals surface area contributed by atoms with E-state index in [9.17, 15) is 23.9 Å². The van der Waals surface area contributed by atoms with E-state index in [1.807, 2.05) is 0 Å². The molecule has 0 radical (unpaired) electrons. The number of hydrogen-bond donors (Lipinski definition) is 1. The summed E-state index contributed by atoms with van der Waals surface area (Å²) in [6, 6.07) is 16.4. The summed E-state index contributed by atoms with van der Waals surface area (Å²) >= 11 is 6.30. The number of hydrogen-bond acceptors (Lipinski definition) is 6. The van der Waals surface area contributed by atoms with Crippen LogP contribution in [0.5, 0.6) is 5.75 Å². The zero-order valence-electron chi connectivity index (χ0n) is 19.4. The largest absolute Gasteiger partial charge is 0.478 e. The third-order valence-corrected chi connectivity index (χ3v) is 6.83. The fraction of sp³-hybridized carbons (Fsp3) is 0.0690. The number of halogens is 2. The van der Waals surface area contributed by atoms with Gasteiger partial charge in [-0.05, 0) is 48.5 Å². The van der Waals surface area contributed by atoms with Crippen molar-refractivity contribution in [3.8, 4) is 28.2 Å². The average molecular weight is 531 g/mol. The molecule has 0 saturated carbocycles. The van der Waals surface area contributed by atoms with Crippen LogP contribution in [-0.4, -0.2) is 17.0 Å². The summed E-state index contributed by atoms with van der Waals surface area (Å²) in [5.41, 5.74) is 0.766. The molecule has 2 aromatic heterocycles. The van der Waals surface area contributed by atoms with E-state index in [4.69, 9.17) is 25.2 Å². The first kappa shape index (κ1) is 23.7. The first-order valence-corrected chi connectivity index (χ1v) is 11.9. The molecule has 9 heteroatoms. The van der Waals surface area contributed by atoms with Gasteiger partial charge in [-0.25, -0.2) is 9.18 Å². The van der Waals surface area contributed by atoms with Gasteiger partial charge in [0.1, 0.15) is 34.9 Å². The Labute approximate surface area is 218 Å². The average Bonchev–Trinajstić information content (AvgIpc) is 3.39. The molecule has 0 unspecified atom stereocenters. The number of carbonyl (C=O) groups excluding carboxylic acids is 1. The van der Waals surface area contributed by atoms with E-state index in [1.165, 1.54) is 54.8 Å². The van der Waals surface area contributed by atoms with Crippen LogP contribution in [0.15, 0.2) is 86.6 Å². The number of fused-ring (bicyclic) bond motifs is 3. The number of esters is 1. The fourth-order valence-electron chi connectivity index (χ4n) is 4.70. The van der Waals surface area contributed by atoms with Gasteiger partial charge in [-0.3, -0.25) is 9.59 Å². The van der Waals surface area contributed by atoms with Crippen molar-refractivity contribution < 1.29 is 32.7 Å². The number of aromatic carboxylic acids is 1. The third-order valence-electron chi connectivity index (χ3n) is 6.50. The highest BCUT2D eigenvalue weighted by atomic mass is 35.5. The van der Waals surface area contributed by atoms with Crippen molar-refractivity contribution >= 4 is 34.5 Å². The van der Waals surface area contributed by atoms with Crippen molar-refractivity contribution in [1.82, 2.24) is 0 Å².